The Morgan fingerprint density at radius 3 is 3.17 bits per heavy atom. The molecule has 2 aromatic heterocycles. The molecule has 0 radical (unpaired) electrons. The van der Waals surface area contributed by atoms with E-state index in [1.807, 2.05) is 0 Å². The van der Waals surface area contributed by atoms with Crippen LogP contribution in [0.3, 0.4) is 0 Å². The smallest absolute Gasteiger partial charge is 0.163 e. The highest BCUT2D eigenvalue weighted by Gasteiger charge is 2.01. The minimum absolute atomic E-state index is 0.464. The second kappa shape index (κ2) is 2.60. The molecule has 0 saturated heterocycles. The van der Waals surface area contributed by atoms with Crippen molar-refractivity contribution in [2.24, 2.45) is 0 Å². The van der Waals surface area contributed by atoms with E-state index in [0.717, 1.165) is 11.2 Å². The van der Waals surface area contributed by atoms with Gasteiger partial charge in [-0.1, -0.05) is 24.3 Å². The van der Waals surface area contributed by atoms with Gasteiger partial charge in [0.25, 0.3) is 0 Å². The summed E-state index contributed by atoms with van der Waals surface area (Å²) in [4.78, 5) is 4.10. The molecule has 0 aliphatic carbocycles. The molecule has 2 rings (SSSR count). The van der Waals surface area contributed by atoms with Crippen LogP contribution in [-0.2, 0) is 0 Å². The first-order chi connectivity index (χ1) is 5.81. The van der Waals surface area contributed by atoms with Gasteiger partial charge in [0.1, 0.15) is 5.15 Å². The molecule has 2 aromatic rings. The summed E-state index contributed by atoms with van der Waals surface area (Å²) in [5, 5.41) is 4.52. The van der Waals surface area contributed by atoms with Crippen LogP contribution in [0, 0.1) is 0 Å². The highest BCUT2D eigenvalue weighted by Crippen LogP contribution is 2.11. The molecule has 0 fully saturated rings. The third kappa shape index (κ3) is 0.987. The Hall–Kier alpha value is -1.35. The fourth-order valence-electron chi connectivity index (χ4n) is 1.01. The Labute approximate surface area is 74.3 Å². The molecule has 4 heteroatoms. The molecule has 0 aliphatic rings. The number of halogens is 1. The van der Waals surface area contributed by atoms with Gasteiger partial charge in [-0.2, -0.15) is 5.10 Å². The molecule has 0 N–H and O–H groups in total. The normalized spacial score (nSPS) is 10.4. The van der Waals surface area contributed by atoms with Gasteiger partial charge in [-0.05, 0) is 6.07 Å². The molecule has 0 amide bonds. The Bertz CT molecular complexity index is 433. The van der Waals surface area contributed by atoms with Crippen LogP contribution in [0.4, 0.5) is 0 Å². The van der Waals surface area contributed by atoms with Gasteiger partial charge in [0.05, 0.1) is 6.20 Å². The molecule has 0 saturated carbocycles. The molecule has 0 bridgehead atoms. The number of fused-ring (bicyclic) bond motifs is 1. The van der Waals surface area contributed by atoms with Gasteiger partial charge < -0.3 is 0 Å². The van der Waals surface area contributed by atoms with Gasteiger partial charge in [0.2, 0.25) is 0 Å². The fraction of sp³-hybridized carbons (Fsp3) is 0. The molecule has 0 aromatic carbocycles. The van der Waals surface area contributed by atoms with E-state index in [1.165, 1.54) is 0 Å². The second-order valence-electron chi connectivity index (χ2n) is 2.32. The third-order valence-corrected chi connectivity index (χ3v) is 1.79. The van der Waals surface area contributed by atoms with Crippen molar-refractivity contribution in [2.45, 2.75) is 0 Å². The molecule has 0 spiro atoms. The van der Waals surface area contributed by atoms with Crippen molar-refractivity contribution < 1.29 is 0 Å². The maximum Gasteiger partial charge on any atom is 0.163 e. The van der Waals surface area contributed by atoms with Crippen LogP contribution in [0.1, 0.15) is 5.56 Å². The van der Waals surface area contributed by atoms with E-state index in [1.54, 1.807) is 29.1 Å². The molecule has 0 unspecified atom stereocenters. The minimum atomic E-state index is 0.464. The van der Waals surface area contributed by atoms with Crippen molar-refractivity contribution in [3.05, 3.63) is 35.8 Å². The second-order valence-corrected chi connectivity index (χ2v) is 2.71. The summed E-state index contributed by atoms with van der Waals surface area (Å²) in [6.07, 6.45) is 5.16. The number of nitrogens with zero attached hydrogens (tertiary/aromatic N) is 3. The van der Waals surface area contributed by atoms with Crippen LogP contribution in [-0.4, -0.2) is 14.6 Å². The predicted octanol–water partition coefficient (Wildman–Crippen LogP) is 2.03. The maximum absolute atomic E-state index is 5.72. The van der Waals surface area contributed by atoms with E-state index < -0.39 is 0 Å². The molecule has 0 aliphatic heterocycles. The van der Waals surface area contributed by atoms with Crippen molar-refractivity contribution in [1.29, 1.82) is 0 Å². The van der Waals surface area contributed by atoms with Gasteiger partial charge in [0, 0.05) is 11.8 Å². The lowest BCUT2D eigenvalue weighted by molar-refractivity contribution is 0.939. The highest BCUT2D eigenvalue weighted by molar-refractivity contribution is 6.29. The van der Waals surface area contributed by atoms with Crippen molar-refractivity contribution in [2.75, 3.05) is 0 Å². The lowest BCUT2D eigenvalue weighted by atomic mass is 10.3. The molecular formula is C8H6ClN3. The summed E-state index contributed by atoms with van der Waals surface area (Å²) < 4.78 is 1.66. The molecular weight excluding hydrogens is 174 g/mol. The lowest BCUT2D eigenvalue weighted by Gasteiger charge is -1.92. The van der Waals surface area contributed by atoms with Gasteiger partial charge in [0.15, 0.2) is 5.65 Å². The van der Waals surface area contributed by atoms with Gasteiger partial charge in [-0.25, -0.2) is 9.50 Å². The average molecular weight is 180 g/mol. The first-order valence-corrected chi connectivity index (χ1v) is 3.81. The Morgan fingerprint density at radius 1 is 1.58 bits per heavy atom. The first kappa shape index (κ1) is 7.31. The average Bonchev–Trinajstić information content (AvgIpc) is 2.46. The predicted molar refractivity (Wildman–Crippen MR) is 48.1 cm³/mol. The summed E-state index contributed by atoms with van der Waals surface area (Å²) in [6, 6.07) is 1.69. The van der Waals surface area contributed by atoms with Crippen LogP contribution in [0.5, 0.6) is 0 Å². The highest BCUT2D eigenvalue weighted by atomic mass is 35.5. The van der Waals surface area contributed by atoms with E-state index in [0.29, 0.717) is 5.15 Å². The van der Waals surface area contributed by atoms with Crippen LogP contribution < -0.4 is 0 Å². The lowest BCUT2D eigenvalue weighted by Crippen LogP contribution is -1.88. The standard InChI is InChI=1S/C8H6ClN3/c1-2-6-5-10-12-4-3-7(9)11-8(6)12/h2-5H,1H2. The largest absolute Gasteiger partial charge is 0.222 e. The molecule has 0 atom stereocenters. The molecule has 3 nitrogen and oxygen atoms in total. The summed E-state index contributed by atoms with van der Waals surface area (Å²) in [6.45, 7) is 3.65. The van der Waals surface area contributed by atoms with Crippen molar-refractivity contribution >= 4 is 23.3 Å². The number of hydrogen-bond acceptors (Lipinski definition) is 2. The molecule has 2 heterocycles. The number of hydrogen-bond donors (Lipinski definition) is 0. The van der Waals surface area contributed by atoms with Crippen LogP contribution in [0.15, 0.2) is 25.0 Å². The van der Waals surface area contributed by atoms with Crippen LogP contribution in [0.2, 0.25) is 5.15 Å². The Kier molecular flexibility index (Phi) is 1.59. The first-order valence-electron chi connectivity index (χ1n) is 3.43. The van der Waals surface area contributed by atoms with Crippen molar-refractivity contribution in [1.82, 2.24) is 14.6 Å². The summed E-state index contributed by atoms with van der Waals surface area (Å²) in [5.41, 5.74) is 1.62. The zero-order valence-corrected chi connectivity index (χ0v) is 6.99. The summed E-state index contributed by atoms with van der Waals surface area (Å²) >= 11 is 5.72. The van der Waals surface area contributed by atoms with E-state index in [9.17, 15) is 0 Å². The third-order valence-electron chi connectivity index (χ3n) is 1.58. The maximum atomic E-state index is 5.72. The van der Waals surface area contributed by atoms with E-state index in [-0.39, 0.29) is 0 Å². The van der Waals surface area contributed by atoms with Crippen molar-refractivity contribution in [3.63, 3.8) is 0 Å². The SMILES string of the molecule is C=Cc1cnn2ccc(Cl)nc12. The zero-order valence-electron chi connectivity index (χ0n) is 6.24. The number of rotatable bonds is 1. The summed E-state index contributed by atoms with van der Waals surface area (Å²) in [5.74, 6) is 0. The Morgan fingerprint density at radius 2 is 2.42 bits per heavy atom. The molecule has 60 valence electrons. The van der Waals surface area contributed by atoms with Crippen molar-refractivity contribution in [3.8, 4) is 0 Å². The number of aromatic nitrogens is 3. The fourth-order valence-corrected chi connectivity index (χ4v) is 1.14. The van der Waals surface area contributed by atoms with Crippen LogP contribution in [0.25, 0.3) is 11.7 Å². The summed E-state index contributed by atoms with van der Waals surface area (Å²) in [7, 11) is 0. The topological polar surface area (TPSA) is 30.2 Å². The Balaban J connectivity index is 2.83. The minimum Gasteiger partial charge on any atom is -0.222 e. The van der Waals surface area contributed by atoms with E-state index in [2.05, 4.69) is 16.7 Å². The monoisotopic (exact) mass is 179 g/mol. The molecule has 12 heavy (non-hydrogen) atoms. The quantitative estimate of drug-likeness (QED) is 0.627. The van der Waals surface area contributed by atoms with Gasteiger partial charge in [-0.3, -0.25) is 0 Å². The van der Waals surface area contributed by atoms with E-state index in [4.69, 9.17) is 11.6 Å². The van der Waals surface area contributed by atoms with Crippen LogP contribution >= 0.6 is 11.6 Å². The zero-order chi connectivity index (χ0) is 8.55. The van der Waals surface area contributed by atoms with E-state index >= 15 is 0 Å². The van der Waals surface area contributed by atoms with Gasteiger partial charge >= 0.3 is 0 Å². The van der Waals surface area contributed by atoms with Gasteiger partial charge in [-0.15, -0.1) is 0 Å².